The van der Waals surface area contributed by atoms with Crippen LogP contribution in [0.15, 0.2) is 71.7 Å². The van der Waals surface area contributed by atoms with E-state index in [-0.39, 0.29) is 66.9 Å². The van der Waals surface area contributed by atoms with Crippen LogP contribution >= 0.6 is 0 Å². The van der Waals surface area contributed by atoms with Gasteiger partial charge in [-0.2, -0.15) is 0 Å². The van der Waals surface area contributed by atoms with Crippen LogP contribution in [0.2, 0.25) is 0 Å². The third-order valence-corrected chi connectivity index (χ3v) is 6.89. The van der Waals surface area contributed by atoms with Gasteiger partial charge in [-0.1, -0.05) is 36.4 Å². The standard InChI is InChI=1S/C31H27F4N3O5/c1-41-31(40)28-30(43-16-18-5-3-2-4-6-18)29(39)20(13-36-12-19-7-8-21(32)9-23(19)33)15-38(28)22-14-37-26-10-24(34)25(35)11-27(26)42-17-22/h2-11,15,22,36-37H,12-14,16-17H2,1H3. The van der Waals surface area contributed by atoms with Crippen molar-refractivity contribution in [2.45, 2.75) is 25.7 Å². The predicted octanol–water partition coefficient (Wildman–Crippen LogP) is 5.11. The number of ether oxygens (including phenoxy) is 3. The molecule has 0 fully saturated rings. The average Bonchev–Trinajstić information content (AvgIpc) is 3.20. The van der Waals surface area contributed by atoms with Crippen molar-refractivity contribution in [3.8, 4) is 11.5 Å². The molecule has 3 aromatic carbocycles. The van der Waals surface area contributed by atoms with E-state index < -0.39 is 40.7 Å². The molecule has 0 saturated heterocycles. The molecule has 0 saturated carbocycles. The molecule has 1 aromatic heterocycles. The maximum Gasteiger partial charge on any atom is 0.358 e. The van der Waals surface area contributed by atoms with Crippen molar-refractivity contribution >= 4 is 11.7 Å². The molecule has 8 nitrogen and oxygen atoms in total. The molecule has 1 aliphatic heterocycles. The molecule has 0 amide bonds. The van der Waals surface area contributed by atoms with Gasteiger partial charge in [0.1, 0.15) is 30.6 Å². The fourth-order valence-corrected chi connectivity index (χ4v) is 4.67. The fraction of sp³-hybridized carbons (Fsp3) is 0.226. The Bertz CT molecular complexity index is 1660. The summed E-state index contributed by atoms with van der Waals surface area (Å²) >= 11 is 0. The minimum absolute atomic E-state index is 0.0228. The lowest BCUT2D eigenvalue weighted by Crippen LogP contribution is -2.32. The second kappa shape index (κ2) is 13.0. The van der Waals surface area contributed by atoms with Gasteiger partial charge in [-0.05, 0) is 11.6 Å². The molecule has 0 spiro atoms. The summed E-state index contributed by atoms with van der Waals surface area (Å²) in [5.41, 5.74) is 0.513. The topological polar surface area (TPSA) is 90.8 Å². The SMILES string of the molecule is COC(=O)c1c(OCc2ccccc2)c(=O)c(CNCc2ccc(F)cc2F)cn1C1CNc2cc(F)c(F)cc2OC1. The van der Waals surface area contributed by atoms with Gasteiger partial charge >= 0.3 is 5.97 Å². The normalized spacial score (nSPS) is 14.2. The highest BCUT2D eigenvalue weighted by Crippen LogP contribution is 2.32. The zero-order chi connectivity index (χ0) is 30.5. The van der Waals surface area contributed by atoms with Crippen LogP contribution in [0.1, 0.15) is 33.2 Å². The molecule has 5 rings (SSSR count). The van der Waals surface area contributed by atoms with Crippen molar-refractivity contribution in [2.24, 2.45) is 0 Å². The number of hydrogen-bond donors (Lipinski definition) is 2. The van der Waals surface area contributed by atoms with E-state index in [1.807, 2.05) is 6.07 Å². The molecule has 2 heterocycles. The van der Waals surface area contributed by atoms with E-state index in [1.54, 1.807) is 24.3 Å². The van der Waals surface area contributed by atoms with Crippen molar-refractivity contribution in [1.82, 2.24) is 9.88 Å². The third-order valence-electron chi connectivity index (χ3n) is 6.89. The van der Waals surface area contributed by atoms with E-state index >= 15 is 0 Å². The van der Waals surface area contributed by atoms with Crippen LogP contribution in [0.3, 0.4) is 0 Å². The summed E-state index contributed by atoms with van der Waals surface area (Å²) in [6.45, 7) is -0.136. The zero-order valence-corrected chi connectivity index (χ0v) is 23.0. The first-order chi connectivity index (χ1) is 20.7. The lowest BCUT2D eigenvalue weighted by molar-refractivity contribution is 0.0575. The number of benzene rings is 3. The van der Waals surface area contributed by atoms with Crippen molar-refractivity contribution < 1.29 is 36.6 Å². The van der Waals surface area contributed by atoms with E-state index in [0.29, 0.717) is 0 Å². The maximum absolute atomic E-state index is 14.2. The molecule has 1 aliphatic rings. The number of anilines is 1. The lowest BCUT2D eigenvalue weighted by Gasteiger charge is -2.24. The van der Waals surface area contributed by atoms with Crippen LogP contribution in [0, 0.1) is 23.3 Å². The highest BCUT2D eigenvalue weighted by atomic mass is 19.2. The Kier molecular flexibility index (Phi) is 8.96. The molecule has 224 valence electrons. The first kappa shape index (κ1) is 29.6. The summed E-state index contributed by atoms with van der Waals surface area (Å²) in [6.07, 6.45) is 1.44. The number of fused-ring (bicyclic) bond motifs is 1. The lowest BCUT2D eigenvalue weighted by atomic mass is 10.1. The quantitative estimate of drug-likeness (QED) is 0.205. The Balaban J connectivity index is 1.52. The second-order valence-corrected chi connectivity index (χ2v) is 9.78. The van der Waals surface area contributed by atoms with Crippen LogP contribution < -0.4 is 25.5 Å². The molecule has 43 heavy (non-hydrogen) atoms. The molecule has 0 radical (unpaired) electrons. The molecule has 1 unspecified atom stereocenters. The number of esters is 1. The number of aromatic nitrogens is 1. The van der Waals surface area contributed by atoms with E-state index in [4.69, 9.17) is 14.2 Å². The summed E-state index contributed by atoms with van der Waals surface area (Å²) in [5.74, 6) is -4.66. The van der Waals surface area contributed by atoms with Crippen LogP contribution in [0.25, 0.3) is 0 Å². The number of nitrogens with zero attached hydrogens (tertiary/aromatic N) is 1. The van der Waals surface area contributed by atoms with Gasteiger partial charge in [0, 0.05) is 55.2 Å². The van der Waals surface area contributed by atoms with Crippen molar-refractivity contribution in [1.29, 1.82) is 0 Å². The van der Waals surface area contributed by atoms with Crippen LogP contribution in [-0.4, -0.2) is 30.8 Å². The van der Waals surface area contributed by atoms with Gasteiger partial charge in [-0.25, -0.2) is 22.4 Å². The number of hydrogen-bond acceptors (Lipinski definition) is 7. The molecule has 2 N–H and O–H groups in total. The van der Waals surface area contributed by atoms with E-state index in [2.05, 4.69) is 10.6 Å². The Morgan fingerprint density at radius 1 is 1.00 bits per heavy atom. The predicted molar refractivity (Wildman–Crippen MR) is 149 cm³/mol. The molecule has 0 bridgehead atoms. The van der Waals surface area contributed by atoms with Crippen LogP contribution in [0.5, 0.6) is 11.5 Å². The Morgan fingerprint density at radius 2 is 1.74 bits per heavy atom. The van der Waals surface area contributed by atoms with Gasteiger partial charge in [-0.15, -0.1) is 0 Å². The zero-order valence-electron chi connectivity index (χ0n) is 23.0. The number of rotatable bonds is 9. The molecule has 4 aromatic rings. The fourth-order valence-electron chi connectivity index (χ4n) is 4.67. The first-order valence-electron chi connectivity index (χ1n) is 13.3. The summed E-state index contributed by atoms with van der Waals surface area (Å²) in [7, 11) is 1.16. The summed E-state index contributed by atoms with van der Waals surface area (Å²) < 4.78 is 73.5. The van der Waals surface area contributed by atoms with Crippen LogP contribution in [-0.2, 0) is 24.4 Å². The number of carbonyl (C=O) groups excluding carboxylic acids is 1. The third kappa shape index (κ3) is 6.64. The summed E-state index contributed by atoms with van der Waals surface area (Å²) in [5, 5.41) is 5.98. The number of carbonyl (C=O) groups is 1. The number of halogens is 4. The first-order valence-corrected chi connectivity index (χ1v) is 13.3. The van der Waals surface area contributed by atoms with Gasteiger partial charge in [-0.3, -0.25) is 4.79 Å². The number of nitrogens with one attached hydrogen (secondary N) is 2. The smallest absolute Gasteiger partial charge is 0.358 e. The minimum atomic E-state index is -1.08. The number of methoxy groups -OCH3 is 1. The van der Waals surface area contributed by atoms with E-state index in [1.165, 1.54) is 16.8 Å². The highest BCUT2D eigenvalue weighted by Gasteiger charge is 2.29. The highest BCUT2D eigenvalue weighted by molar-refractivity contribution is 5.90. The summed E-state index contributed by atoms with van der Waals surface area (Å²) in [6, 6.07) is 13.4. The van der Waals surface area contributed by atoms with Crippen molar-refractivity contribution in [3.63, 3.8) is 0 Å². The average molecular weight is 598 g/mol. The number of pyridine rings is 1. The Labute approximate surface area is 243 Å². The molecule has 1 atom stereocenters. The molecule has 12 heteroatoms. The van der Waals surface area contributed by atoms with Gasteiger partial charge in [0.15, 0.2) is 23.1 Å². The van der Waals surface area contributed by atoms with Crippen molar-refractivity contribution in [2.75, 3.05) is 25.6 Å². The van der Waals surface area contributed by atoms with Crippen molar-refractivity contribution in [3.05, 3.63) is 123 Å². The van der Waals surface area contributed by atoms with Gasteiger partial charge in [0.25, 0.3) is 0 Å². The summed E-state index contributed by atoms with van der Waals surface area (Å²) in [4.78, 5) is 26.8. The van der Waals surface area contributed by atoms with E-state index in [9.17, 15) is 27.2 Å². The second-order valence-electron chi connectivity index (χ2n) is 9.78. The van der Waals surface area contributed by atoms with E-state index in [0.717, 1.165) is 36.9 Å². The van der Waals surface area contributed by atoms with Crippen LogP contribution in [0.4, 0.5) is 23.2 Å². The Morgan fingerprint density at radius 3 is 2.49 bits per heavy atom. The minimum Gasteiger partial charge on any atom is -0.489 e. The van der Waals surface area contributed by atoms with Gasteiger partial charge < -0.3 is 29.4 Å². The molecule has 0 aliphatic carbocycles. The molecular weight excluding hydrogens is 570 g/mol. The molecular formula is C31H27F4N3O5. The largest absolute Gasteiger partial charge is 0.489 e. The van der Waals surface area contributed by atoms with Gasteiger partial charge in [0.2, 0.25) is 5.43 Å². The Hall–Kier alpha value is -4.84. The maximum atomic E-state index is 14.2. The van der Waals surface area contributed by atoms with Gasteiger partial charge in [0.05, 0.1) is 18.8 Å². The monoisotopic (exact) mass is 597 g/mol.